The van der Waals surface area contributed by atoms with E-state index in [1.165, 1.54) is 5.56 Å². The summed E-state index contributed by atoms with van der Waals surface area (Å²) in [5.41, 5.74) is 3.62. The molecule has 0 unspecified atom stereocenters. The van der Waals surface area contributed by atoms with Gasteiger partial charge in [0.05, 0.1) is 0 Å². The molecule has 0 saturated carbocycles. The van der Waals surface area contributed by atoms with E-state index in [-0.39, 0.29) is 5.41 Å². The van der Waals surface area contributed by atoms with Crippen molar-refractivity contribution in [2.45, 2.75) is 26.2 Å². The van der Waals surface area contributed by atoms with E-state index in [1.807, 2.05) is 34.9 Å². The van der Waals surface area contributed by atoms with E-state index in [9.17, 15) is 0 Å². The Labute approximate surface area is 125 Å². The van der Waals surface area contributed by atoms with Gasteiger partial charge >= 0.3 is 0 Å². The van der Waals surface area contributed by atoms with E-state index < -0.39 is 0 Å². The van der Waals surface area contributed by atoms with Crippen LogP contribution in [0.2, 0.25) is 0 Å². The summed E-state index contributed by atoms with van der Waals surface area (Å²) in [4.78, 5) is 0. The van der Waals surface area contributed by atoms with Crippen molar-refractivity contribution >= 4 is 0 Å². The minimum atomic E-state index is 0.161. The third kappa shape index (κ3) is 2.72. The van der Waals surface area contributed by atoms with Crippen molar-refractivity contribution in [3.63, 3.8) is 0 Å². The Morgan fingerprint density at radius 2 is 1.52 bits per heavy atom. The largest absolute Gasteiger partial charge is 0.282 e. The van der Waals surface area contributed by atoms with Gasteiger partial charge in [-0.15, -0.1) is 10.2 Å². The van der Waals surface area contributed by atoms with Crippen molar-refractivity contribution in [2.24, 2.45) is 0 Å². The highest BCUT2D eigenvalue weighted by Crippen LogP contribution is 2.25. The Balaban J connectivity index is 2.01. The molecule has 0 spiro atoms. The van der Waals surface area contributed by atoms with Crippen LogP contribution >= 0.6 is 0 Å². The maximum Gasteiger partial charge on any atom is 0.168 e. The summed E-state index contributed by atoms with van der Waals surface area (Å²) in [7, 11) is 0. The van der Waals surface area contributed by atoms with E-state index in [2.05, 4.69) is 55.2 Å². The molecular weight excluding hydrogens is 258 g/mol. The lowest BCUT2D eigenvalue weighted by molar-refractivity contribution is 0.590. The summed E-state index contributed by atoms with van der Waals surface area (Å²) in [5.74, 6) is 0.860. The lowest BCUT2D eigenvalue weighted by atomic mass is 9.87. The van der Waals surface area contributed by atoms with E-state index in [0.717, 1.165) is 17.1 Å². The highest BCUT2D eigenvalue weighted by molar-refractivity contribution is 5.57. The molecule has 21 heavy (non-hydrogen) atoms. The molecule has 3 rings (SSSR count). The van der Waals surface area contributed by atoms with Crippen molar-refractivity contribution in [2.75, 3.05) is 0 Å². The predicted octanol–water partition coefficient (Wildman–Crippen LogP) is 4.23. The van der Waals surface area contributed by atoms with Crippen LogP contribution in [0.15, 0.2) is 60.9 Å². The maximum absolute atomic E-state index is 4.25. The molecule has 0 aliphatic rings. The SMILES string of the molecule is CC(C)(C)c1ccc(-n2cnnc2-c2ccccc2)cc1. The Bertz CT molecular complexity index is 719. The minimum absolute atomic E-state index is 0.161. The predicted molar refractivity (Wildman–Crippen MR) is 85.5 cm³/mol. The van der Waals surface area contributed by atoms with Gasteiger partial charge in [-0.3, -0.25) is 4.57 Å². The second-order valence-electron chi connectivity index (χ2n) is 6.19. The quantitative estimate of drug-likeness (QED) is 0.701. The van der Waals surface area contributed by atoms with Gasteiger partial charge in [0, 0.05) is 11.3 Å². The van der Waals surface area contributed by atoms with E-state index >= 15 is 0 Å². The summed E-state index contributed by atoms with van der Waals surface area (Å²) in [6, 6.07) is 18.7. The number of aromatic nitrogens is 3. The van der Waals surface area contributed by atoms with Crippen LogP contribution in [0.3, 0.4) is 0 Å². The molecule has 0 bridgehead atoms. The molecule has 0 aliphatic carbocycles. The fourth-order valence-electron chi connectivity index (χ4n) is 2.33. The van der Waals surface area contributed by atoms with Crippen molar-refractivity contribution < 1.29 is 0 Å². The lowest BCUT2D eigenvalue weighted by Gasteiger charge is -2.19. The second kappa shape index (κ2) is 5.17. The molecular formula is C18H19N3. The molecule has 3 nitrogen and oxygen atoms in total. The Hall–Kier alpha value is -2.42. The smallest absolute Gasteiger partial charge is 0.168 e. The van der Waals surface area contributed by atoms with Gasteiger partial charge in [0.25, 0.3) is 0 Å². The Kier molecular flexibility index (Phi) is 3.34. The molecule has 0 N–H and O–H groups in total. The van der Waals surface area contributed by atoms with Crippen LogP contribution < -0.4 is 0 Å². The van der Waals surface area contributed by atoms with Gasteiger partial charge in [-0.2, -0.15) is 0 Å². The summed E-state index contributed by atoms with van der Waals surface area (Å²) in [6.07, 6.45) is 1.76. The van der Waals surface area contributed by atoms with Crippen molar-refractivity contribution in [1.82, 2.24) is 14.8 Å². The first kappa shape index (κ1) is 13.6. The average Bonchev–Trinajstić information content (AvgIpc) is 2.97. The maximum atomic E-state index is 4.25. The minimum Gasteiger partial charge on any atom is -0.282 e. The summed E-state index contributed by atoms with van der Waals surface area (Å²) >= 11 is 0. The zero-order valence-corrected chi connectivity index (χ0v) is 12.6. The zero-order chi connectivity index (χ0) is 14.9. The lowest BCUT2D eigenvalue weighted by Crippen LogP contribution is -2.10. The fourth-order valence-corrected chi connectivity index (χ4v) is 2.33. The second-order valence-corrected chi connectivity index (χ2v) is 6.19. The van der Waals surface area contributed by atoms with Crippen molar-refractivity contribution in [1.29, 1.82) is 0 Å². The topological polar surface area (TPSA) is 30.7 Å². The number of nitrogens with zero attached hydrogens (tertiary/aromatic N) is 3. The Morgan fingerprint density at radius 1 is 0.857 bits per heavy atom. The third-order valence-electron chi connectivity index (χ3n) is 3.59. The fraction of sp³-hybridized carbons (Fsp3) is 0.222. The first-order valence-electron chi connectivity index (χ1n) is 7.12. The molecule has 0 atom stereocenters. The van der Waals surface area contributed by atoms with Crippen molar-refractivity contribution in [3.8, 4) is 17.1 Å². The van der Waals surface area contributed by atoms with Crippen LogP contribution in [0.25, 0.3) is 17.1 Å². The average molecular weight is 277 g/mol. The van der Waals surface area contributed by atoms with E-state index in [4.69, 9.17) is 0 Å². The first-order chi connectivity index (χ1) is 10.1. The number of rotatable bonds is 2. The molecule has 0 radical (unpaired) electrons. The van der Waals surface area contributed by atoms with E-state index in [0.29, 0.717) is 0 Å². The van der Waals surface area contributed by atoms with E-state index in [1.54, 1.807) is 6.33 Å². The van der Waals surface area contributed by atoms with Crippen LogP contribution in [0, 0.1) is 0 Å². The highest BCUT2D eigenvalue weighted by atomic mass is 15.3. The molecule has 3 aromatic rings. The molecule has 0 saturated heterocycles. The van der Waals surface area contributed by atoms with Gasteiger partial charge in [-0.25, -0.2) is 0 Å². The van der Waals surface area contributed by atoms with Crippen molar-refractivity contribution in [3.05, 3.63) is 66.5 Å². The van der Waals surface area contributed by atoms with Crippen LogP contribution in [0.1, 0.15) is 26.3 Å². The first-order valence-corrected chi connectivity index (χ1v) is 7.12. The molecule has 0 fully saturated rings. The normalized spacial score (nSPS) is 11.6. The monoisotopic (exact) mass is 277 g/mol. The van der Waals surface area contributed by atoms with Gasteiger partial charge in [-0.1, -0.05) is 63.2 Å². The number of hydrogen-bond donors (Lipinski definition) is 0. The van der Waals surface area contributed by atoms with Crippen LogP contribution in [0.5, 0.6) is 0 Å². The molecule has 3 heteroatoms. The number of hydrogen-bond acceptors (Lipinski definition) is 2. The van der Waals surface area contributed by atoms with Crippen LogP contribution in [-0.2, 0) is 5.41 Å². The van der Waals surface area contributed by atoms with Crippen LogP contribution in [0.4, 0.5) is 0 Å². The molecule has 0 amide bonds. The number of benzene rings is 2. The standard InChI is InChI=1S/C18H19N3/c1-18(2,3)15-9-11-16(12-10-15)21-13-19-20-17(21)14-7-5-4-6-8-14/h4-13H,1-3H3. The molecule has 106 valence electrons. The van der Waals surface area contributed by atoms with Gasteiger partial charge in [0.2, 0.25) is 0 Å². The van der Waals surface area contributed by atoms with Gasteiger partial charge in [0.1, 0.15) is 6.33 Å². The van der Waals surface area contributed by atoms with Gasteiger partial charge in [0.15, 0.2) is 5.82 Å². The molecule has 1 heterocycles. The summed E-state index contributed by atoms with van der Waals surface area (Å²) in [5, 5.41) is 8.31. The van der Waals surface area contributed by atoms with Gasteiger partial charge in [-0.05, 0) is 23.1 Å². The third-order valence-corrected chi connectivity index (χ3v) is 3.59. The summed E-state index contributed by atoms with van der Waals surface area (Å²) in [6.45, 7) is 6.66. The molecule has 0 aliphatic heterocycles. The highest BCUT2D eigenvalue weighted by Gasteiger charge is 2.14. The van der Waals surface area contributed by atoms with Crippen LogP contribution in [-0.4, -0.2) is 14.8 Å². The Morgan fingerprint density at radius 3 is 2.14 bits per heavy atom. The summed E-state index contributed by atoms with van der Waals surface area (Å²) < 4.78 is 2.02. The zero-order valence-electron chi connectivity index (χ0n) is 12.6. The molecule has 1 aromatic heterocycles. The van der Waals surface area contributed by atoms with Gasteiger partial charge < -0.3 is 0 Å². The molecule has 2 aromatic carbocycles.